The molecule has 40 heavy (non-hydrogen) atoms. The molecule has 4 rings (SSSR count). The van der Waals surface area contributed by atoms with Crippen LogP contribution in [0.1, 0.15) is 53.7 Å². The molecular weight excluding hydrogens is 528 g/mol. The quantitative estimate of drug-likeness (QED) is 0.296. The molecule has 2 amide bonds. The summed E-state index contributed by atoms with van der Waals surface area (Å²) in [5.74, 6) is -1.44. The Labute approximate surface area is 234 Å². The van der Waals surface area contributed by atoms with Crippen LogP contribution in [0.4, 0.5) is 5.95 Å². The van der Waals surface area contributed by atoms with Crippen molar-refractivity contribution < 1.29 is 22.6 Å². The summed E-state index contributed by atoms with van der Waals surface area (Å²) in [4.78, 5) is 30.6. The van der Waals surface area contributed by atoms with E-state index in [1.54, 1.807) is 24.3 Å². The van der Waals surface area contributed by atoms with Gasteiger partial charge in [0, 0.05) is 19.2 Å². The third-order valence-electron chi connectivity index (χ3n) is 6.81. The molecule has 0 saturated heterocycles. The first-order valence-electron chi connectivity index (χ1n) is 13.0. The van der Waals surface area contributed by atoms with E-state index in [9.17, 15) is 22.6 Å². The second-order valence-corrected chi connectivity index (χ2v) is 12.3. The predicted octanol–water partition coefficient (Wildman–Crippen LogP) is 4.11. The first-order valence-corrected chi connectivity index (χ1v) is 14.5. The molecule has 1 heterocycles. The lowest BCUT2D eigenvalue weighted by molar-refractivity contribution is -0.117. The third-order valence-corrected chi connectivity index (χ3v) is 7.52. The van der Waals surface area contributed by atoms with Crippen molar-refractivity contribution in [1.82, 2.24) is 14.9 Å². The monoisotopic (exact) mass is 561 g/mol. The summed E-state index contributed by atoms with van der Waals surface area (Å²) in [6, 6.07) is 22.4. The number of anilines is 1. The number of amides is 2. The lowest BCUT2D eigenvalue weighted by atomic mass is 9.84. The summed E-state index contributed by atoms with van der Waals surface area (Å²) in [5.41, 5.74) is 4.83. The Morgan fingerprint density at radius 3 is 2.23 bits per heavy atom. The Hall–Kier alpha value is -4.02. The normalized spacial score (nSPS) is 12.7. The van der Waals surface area contributed by atoms with Gasteiger partial charge in [0.1, 0.15) is 0 Å². The minimum absolute atomic E-state index is 0.0301. The second kappa shape index (κ2) is 11.6. The number of hydrogen-bond acceptors (Lipinski definition) is 6. The number of nitrogens with one attached hydrogen (secondary N) is 2. The number of fused-ring (bicyclic) bond motifs is 1. The number of rotatable bonds is 9. The lowest BCUT2D eigenvalue weighted by Gasteiger charge is -2.22. The zero-order valence-corrected chi connectivity index (χ0v) is 23.8. The van der Waals surface area contributed by atoms with Gasteiger partial charge in [-0.05, 0) is 52.8 Å². The Balaban J connectivity index is 1.56. The fourth-order valence-corrected chi connectivity index (χ4v) is 4.80. The fourth-order valence-electron chi connectivity index (χ4n) is 4.45. The molecule has 210 valence electrons. The summed E-state index contributed by atoms with van der Waals surface area (Å²) < 4.78 is 34.2. The van der Waals surface area contributed by atoms with Gasteiger partial charge < -0.3 is 14.4 Å². The maximum absolute atomic E-state index is 13.7. The summed E-state index contributed by atoms with van der Waals surface area (Å²) in [6.07, 6.45) is 0.376. The van der Waals surface area contributed by atoms with Gasteiger partial charge in [-0.25, -0.2) is 13.4 Å². The van der Waals surface area contributed by atoms with Crippen molar-refractivity contribution in [2.75, 3.05) is 17.6 Å². The minimum Gasteiger partial charge on any atom is -0.748 e. The predicted molar refractivity (Wildman–Crippen MR) is 154 cm³/mol. The zero-order valence-electron chi connectivity index (χ0n) is 23.0. The van der Waals surface area contributed by atoms with Gasteiger partial charge >= 0.3 is 0 Å². The molecule has 0 bridgehead atoms. The van der Waals surface area contributed by atoms with Crippen molar-refractivity contribution in [2.24, 2.45) is 7.05 Å². The van der Waals surface area contributed by atoms with Gasteiger partial charge in [-0.2, -0.15) is 0 Å². The molecule has 1 unspecified atom stereocenters. The van der Waals surface area contributed by atoms with Crippen LogP contribution in [0, 0.1) is 0 Å². The van der Waals surface area contributed by atoms with E-state index in [2.05, 4.69) is 36.4 Å². The number of imidazole rings is 1. The Morgan fingerprint density at radius 1 is 0.975 bits per heavy atom. The van der Waals surface area contributed by atoms with E-state index in [0.29, 0.717) is 17.9 Å². The molecular formula is C30H33N4O5S-. The molecule has 0 aliphatic rings. The standard InChI is InChI=1S/C30H34N4O5S/c1-30(2,3)23-15-13-21(14-16-23)24(28(36)33-29-32-25-7-5-6-8-26(25)34(29)4)19-20-9-11-22(12-10-20)27(35)31-17-18-40(37,38)39/h5-16,24H,17-19H2,1-4H3,(H,31,35)(H,32,33,36)(H,37,38,39)/p-1. The topological polar surface area (TPSA) is 133 Å². The van der Waals surface area contributed by atoms with E-state index in [-0.39, 0.29) is 17.9 Å². The third kappa shape index (κ3) is 7.13. The number of benzene rings is 3. The average Bonchev–Trinajstić information content (AvgIpc) is 3.21. The van der Waals surface area contributed by atoms with Crippen molar-refractivity contribution >= 4 is 38.9 Å². The molecule has 0 aliphatic carbocycles. The van der Waals surface area contributed by atoms with Crippen LogP contribution in [-0.2, 0) is 33.8 Å². The molecule has 1 atom stereocenters. The molecule has 0 aliphatic heterocycles. The smallest absolute Gasteiger partial charge is 0.251 e. The van der Waals surface area contributed by atoms with E-state index in [0.717, 1.165) is 27.7 Å². The van der Waals surface area contributed by atoms with Crippen LogP contribution in [0.25, 0.3) is 11.0 Å². The number of nitrogens with zero attached hydrogens (tertiary/aromatic N) is 2. The first-order chi connectivity index (χ1) is 18.8. The van der Waals surface area contributed by atoms with Crippen molar-refractivity contribution in [3.63, 3.8) is 0 Å². The molecule has 1 aromatic heterocycles. The number of aromatic nitrogens is 2. The van der Waals surface area contributed by atoms with Crippen molar-refractivity contribution in [3.8, 4) is 0 Å². The van der Waals surface area contributed by atoms with Gasteiger partial charge in [0.15, 0.2) is 0 Å². The van der Waals surface area contributed by atoms with Crippen LogP contribution < -0.4 is 10.6 Å². The Morgan fingerprint density at radius 2 is 1.62 bits per heavy atom. The summed E-state index contributed by atoms with van der Waals surface area (Å²) >= 11 is 0. The molecule has 9 nitrogen and oxygen atoms in total. The Kier molecular flexibility index (Phi) is 8.41. The second-order valence-electron chi connectivity index (χ2n) is 10.8. The van der Waals surface area contributed by atoms with Gasteiger partial charge in [-0.15, -0.1) is 0 Å². The molecule has 0 radical (unpaired) electrons. The van der Waals surface area contributed by atoms with E-state index < -0.39 is 27.7 Å². The van der Waals surface area contributed by atoms with E-state index in [1.165, 1.54) is 0 Å². The number of aryl methyl sites for hydroxylation is 1. The highest BCUT2D eigenvalue weighted by Gasteiger charge is 2.24. The van der Waals surface area contributed by atoms with E-state index >= 15 is 0 Å². The molecule has 0 fully saturated rings. The van der Waals surface area contributed by atoms with Crippen LogP contribution in [0.2, 0.25) is 0 Å². The van der Waals surface area contributed by atoms with Crippen molar-refractivity contribution in [3.05, 3.63) is 95.1 Å². The van der Waals surface area contributed by atoms with E-state index in [4.69, 9.17) is 0 Å². The molecule has 10 heteroatoms. The van der Waals surface area contributed by atoms with Gasteiger partial charge in [0.05, 0.1) is 32.8 Å². The summed E-state index contributed by atoms with van der Waals surface area (Å²) in [6.45, 7) is 6.14. The maximum Gasteiger partial charge on any atom is 0.251 e. The van der Waals surface area contributed by atoms with Gasteiger partial charge in [0.2, 0.25) is 11.9 Å². The number of para-hydroxylation sites is 2. The molecule has 0 saturated carbocycles. The van der Waals surface area contributed by atoms with Gasteiger partial charge in [-0.3, -0.25) is 14.9 Å². The summed E-state index contributed by atoms with van der Waals surface area (Å²) in [7, 11) is -2.55. The highest BCUT2D eigenvalue weighted by Crippen LogP contribution is 2.28. The SMILES string of the molecule is Cn1c(NC(=O)C(Cc2ccc(C(=O)NCCS(=O)(=O)[O-])cc2)c2ccc(C(C)(C)C)cc2)nc2ccccc21. The van der Waals surface area contributed by atoms with Crippen molar-refractivity contribution in [1.29, 1.82) is 0 Å². The molecule has 3 aromatic carbocycles. The lowest BCUT2D eigenvalue weighted by Crippen LogP contribution is -2.29. The van der Waals surface area contributed by atoms with Gasteiger partial charge in [0.25, 0.3) is 5.91 Å². The van der Waals surface area contributed by atoms with Crippen LogP contribution in [0.5, 0.6) is 0 Å². The number of carbonyl (C=O) groups is 2. The average molecular weight is 562 g/mol. The van der Waals surface area contributed by atoms with Crippen LogP contribution in [0.15, 0.2) is 72.8 Å². The number of carbonyl (C=O) groups excluding carboxylic acids is 2. The maximum atomic E-state index is 13.7. The van der Waals surface area contributed by atoms with E-state index in [1.807, 2.05) is 60.1 Å². The first kappa shape index (κ1) is 29.0. The molecule has 0 spiro atoms. The van der Waals surface area contributed by atoms with Crippen LogP contribution >= 0.6 is 0 Å². The highest BCUT2D eigenvalue weighted by molar-refractivity contribution is 7.85. The summed E-state index contributed by atoms with van der Waals surface area (Å²) in [5, 5.41) is 5.43. The largest absolute Gasteiger partial charge is 0.748 e. The highest BCUT2D eigenvalue weighted by atomic mass is 32.2. The van der Waals surface area contributed by atoms with Crippen LogP contribution in [0.3, 0.4) is 0 Å². The van der Waals surface area contributed by atoms with Gasteiger partial charge in [-0.1, -0.05) is 69.3 Å². The van der Waals surface area contributed by atoms with Crippen molar-refractivity contribution in [2.45, 2.75) is 38.5 Å². The molecule has 4 aromatic rings. The fraction of sp³-hybridized carbons (Fsp3) is 0.300. The number of hydrogen-bond donors (Lipinski definition) is 2. The molecule has 2 N–H and O–H groups in total. The minimum atomic E-state index is -4.41. The Bertz CT molecular complexity index is 1620. The zero-order chi connectivity index (χ0) is 29.1. The van der Waals surface area contributed by atoms with Crippen LogP contribution in [-0.4, -0.2) is 46.6 Å².